The molecule has 0 saturated heterocycles. The minimum atomic E-state index is -0.602. The number of rotatable bonds is 9. The standard InChI is InChI=1S/C24H20ClFN4O4S2/c1-30-19(11-34-18-6-4-3-5-17(18)25)28-29-24(30)36-13-20(31)27-22-21(23(32)33-2)16(12-35-22)14-7-9-15(26)10-8-14/h3-10,12H,11,13H2,1-2H3,(H,27,31). The molecular weight excluding hydrogens is 527 g/mol. The first kappa shape index (κ1) is 25.7. The van der Waals surface area contributed by atoms with Crippen molar-refractivity contribution in [1.82, 2.24) is 14.8 Å². The second-order valence-electron chi connectivity index (χ2n) is 7.37. The summed E-state index contributed by atoms with van der Waals surface area (Å²) < 4.78 is 25.7. The van der Waals surface area contributed by atoms with Crippen LogP contribution in [0.5, 0.6) is 5.75 Å². The zero-order chi connectivity index (χ0) is 25.7. The van der Waals surface area contributed by atoms with E-state index in [1.54, 1.807) is 41.3 Å². The molecule has 2 aromatic heterocycles. The Morgan fingerprint density at radius 3 is 2.64 bits per heavy atom. The third kappa shape index (κ3) is 5.86. The predicted octanol–water partition coefficient (Wildman–Crippen LogP) is 5.43. The number of nitrogens with zero attached hydrogens (tertiary/aromatic N) is 3. The number of para-hydroxylation sites is 1. The van der Waals surface area contributed by atoms with E-state index in [-0.39, 0.29) is 29.6 Å². The van der Waals surface area contributed by atoms with Crippen molar-refractivity contribution in [2.75, 3.05) is 18.2 Å². The highest BCUT2D eigenvalue weighted by molar-refractivity contribution is 7.99. The van der Waals surface area contributed by atoms with Crippen LogP contribution in [-0.4, -0.2) is 39.5 Å². The van der Waals surface area contributed by atoms with Crippen molar-refractivity contribution in [2.45, 2.75) is 11.8 Å². The summed E-state index contributed by atoms with van der Waals surface area (Å²) in [6.07, 6.45) is 0. The summed E-state index contributed by atoms with van der Waals surface area (Å²) in [7, 11) is 3.03. The van der Waals surface area contributed by atoms with Crippen LogP contribution in [0.4, 0.5) is 9.39 Å². The minimum Gasteiger partial charge on any atom is -0.484 e. The Labute approximate surface area is 219 Å². The molecule has 4 aromatic rings. The van der Waals surface area contributed by atoms with E-state index in [0.29, 0.717) is 37.9 Å². The van der Waals surface area contributed by atoms with Crippen LogP contribution in [-0.2, 0) is 23.2 Å². The molecule has 0 spiro atoms. The molecule has 36 heavy (non-hydrogen) atoms. The zero-order valence-corrected chi connectivity index (χ0v) is 21.5. The number of carbonyl (C=O) groups is 2. The molecule has 186 valence electrons. The molecule has 8 nitrogen and oxygen atoms in total. The fraction of sp³-hybridized carbons (Fsp3) is 0.167. The number of aromatic nitrogens is 3. The van der Waals surface area contributed by atoms with E-state index in [1.165, 1.54) is 42.3 Å². The van der Waals surface area contributed by atoms with Crippen molar-refractivity contribution in [3.8, 4) is 16.9 Å². The Morgan fingerprint density at radius 1 is 1.17 bits per heavy atom. The second-order valence-corrected chi connectivity index (χ2v) is 9.60. The topological polar surface area (TPSA) is 95.3 Å². The van der Waals surface area contributed by atoms with Crippen molar-refractivity contribution in [1.29, 1.82) is 0 Å². The Balaban J connectivity index is 1.40. The van der Waals surface area contributed by atoms with Gasteiger partial charge in [0.2, 0.25) is 5.91 Å². The average molecular weight is 547 g/mol. The molecule has 2 heterocycles. The lowest BCUT2D eigenvalue weighted by molar-refractivity contribution is -0.113. The van der Waals surface area contributed by atoms with E-state index in [9.17, 15) is 14.0 Å². The normalized spacial score (nSPS) is 10.8. The van der Waals surface area contributed by atoms with Gasteiger partial charge in [-0.1, -0.05) is 47.6 Å². The summed E-state index contributed by atoms with van der Waals surface area (Å²) in [6, 6.07) is 12.8. The smallest absolute Gasteiger partial charge is 0.341 e. The lowest BCUT2D eigenvalue weighted by Gasteiger charge is -2.09. The van der Waals surface area contributed by atoms with Gasteiger partial charge in [0.25, 0.3) is 0 Å². The van der Waals surface area contributed by atoms with Gasteiger partial charge in [0.15, 0.2) is 11.0 Å². The Bertz CT molecular complexity index is 1390. The van der Waals surface area contributed by atoms with Gasteiger partial charge in [0.05, 0.1) is 17.9 Å². The first-order valence-corrected chi connectivity index (χ1v) is 12.8. The van der Waals surface area contributed by atoms with Crippen LogP contribution < -0.4 is 10.1 Å². The summed E-state index contributed by atoms with van der Waals surface area (Å²) in [5.41, 5.74) is 1.39. The van der Waals surface area contributed by atoms with Crippen LogP contribution in [0.1, 0.15) is 16.2 Å². The maximum absolute atomic E-state index is 13.3. The number of methoxy groups -OCH3 is 1. The first-order chi connectivity index (χ1) is 17.4. The Hall–Kier alpha value is -3.41. The molecule has 0 bridgehead atoms. The van der Waals surface area contributed by atoms with E-state index in [4.69, 9.17) is 21.1 Å². The van der Waals surface area contributed by atoms with Gasteiger partial charge < -0.3 is 19.4 Å². The molecule has 1 N–H and O–H groups in total. The van der Waals surface area contributed by atoms with E-state index < -0.39 is 5.97 Å². The number of amides is 1. The predicted molar refractivity (Wildman–Crippen MR) is 137 cm³/mol. The number of ether oxygens (including phenoxy) is 2. The van der Waals surface area contributed by atoms with Gasteiger partial charge in [0.1, 0.15) is 28.7 Å². The SMILES string of the molecule is COC(=O)c1c(-c2ccc(F)cc2)csc1NC(=O)CSc1nnc(COc2ccccc2Cl)n1C. The number of anilines is 1. The van der Waals surface area contributed by atoms with Gasteiger partial charge >= 0.3 is 5.97 Å². The largest absolute Gasteiger partial charge is 0.484 e. The molecular formula is C24H20ClFN4O4S2. The number of thiophene rings is 1. The highest BCUT2D eigenvalue weighted by Gasteiger charge is 2.23. The molecule has 2 aromatic carbocycles. The van der Waals surface area contributed by atoms with Gasteiger partial charge in [-0.15, -0.1) is 21.5 Å². The lowest BCUT2D eigenvalue weighted by Crippen LogP contribution is -2.16. The van der Waals surface area contributed by atoms with Crippen LogP contribution in [0.3, 0.4) is 0 Å². The van der Waals surface area contributed by atoms with Gasteiger partial charge in [-0.25, -0.2) is 9.18 Å². The van der Waals surface area contributed by atoms with E-state index in [0.717, 1.165) is 0 Å². The van der Waals surface area contributed by atoms with E-state index in [2.05, 4.69) is 15.5 Å². The quantitative estimate of drug-likeness (QED) is 0.221. The number of carbonyl (C=O) groups excluding carboxylic acids is 2. The highest BCUT2D eigenvalue weighted by Crippen LogP contribution is 2.36. The van der Waals surface area contributed by atoms with Gasteiger partial charge in [0, 0.05) is 18.0 Å². The van der Waals surface area contributed by atoms with Crippen LogP contribution in [0.15, 0.2) is 59.1 Å². The summed E-state index contributed by atoms with van der Waals surface area (Å²) >= 11 is 8.48. The number of hydrogen-bond donors (Lipinski definition) is 1. The number of hydrogen-bond acceptors (Lipinski definition) is 8. The van der Waals surface area contributed by atoms with Crippen molar-refractivity contribution < 1.29 is 23.5 Å². The van der Waals surface area contributed by atoms with Gasteiger partial charge in [-0.3, -0.25) is 4.79 Å². The molecule has 0 unspecified atom stereocenters. The molecule has 0 aliphatic carbocycles. The van der Waals surface area contributed by atoms with Crippen molar-refractivity contribution >= 4 is 51.6 Å². The lowest BCUT2D eigenvalue weighted by atomic mass is 10.0. The molecule has 1 amide bonds. The number of nitrogens with one attached hydrogen (secondary N) is 1. The van der Waals surface area contributed by atoms with Crippen molar-refractivity contribution in [3.63, 3.8) is 0 Å². The molecule has 0 saturated carbocycles. The average Bonchev–Trinajstić information content (AvgIpc) is 3.45. The molecule has 0 atom stereocenters. The fourth-order valence-electron chi connectivity index (χ4n) is 3.19. The van der Waals surface area contributed by atoms with Crippen molar-refractivity contribution in [3.05, 3.63) is 76.1 Å². The van der Waals surface area contributed by atoms with Crippen LogP contribution in [0, 0.1) is 5.82 Å². The van der Waals surface area contributed by atoms with Crippen LogP contribution >= 0.6 is 34.7 Å². The van der Waals surface area contributed by atoms with Crippen molar-refractivity contribution in [2.24, 2.45) is 7.05 Å². The molecule has 4 rings (SSSR count). The van der Waals surface area contributed by atoms with E-state index in [1.807, 2.05) is 12.1 Å². The maximum atomic E-state index is 13.3. The zero-order valence-electron chi connectivity index (χ0n) is 19.2. The first-order valence-electron chi connectivity index (χ1n) is 10.5. The molecule has 0 aliphatic heterocycles. The summed E-state index contributed by atoms with van der Waals surface area (Å²) in [5.74, 6) is -0.200. The monoisotopic (exact) mass is 546 g/mol. The Morgan fingerprint density at radius 2 is 1.92 bits per heavy atom. The third-order valence-electron chi connectivity index (χ3n) is 5.04. The maximum Gasteiger partial charge on any atom is 0.341 e. The number of halogens is 2. The highest BCUT2D eigenvalue weighted by atomic mass is 35.5. The third-order valence-corrected chi connectivity index (χ3v) is 7.27. The molecule has 0 radical (unpaired) electrons. The second kappa shape index (κ2) is 11.5. The van der Waals surface area contributed by atoms with Gasteiger partial charge in [-0.2, -0.15) is 0 Å². The summed E-state index contributed by atoms with van der Waals surface area (Å²) in [4.78, 5) is 25.1. The minimum absolute atomic E-state index is 0.0295. The van der Waals surface area contributed by atoms with Crippen LogP contribution in [0.25, 0.3) is 11.1 Å². The summed E-state index contributed by atoms with van der Waals surface area (Å²) in [6.45, 7) is 0.157. The molecule has 0 aliphatic rings. The fourth-order valence-corrected chi connectivity index (χ4v) is 5.08. The molecule has 12 heteroatoms. The number of thioether (sulfide) groups is 1. The summed E-state index contributed by atoms with van der Waals surface area (Å²) in [5, 5.41) is 14.1. The Kier molecular flexibility index (Phi) is 8.24. The van der Waals surface area contributed by atoms with E-state index >= 15 is 0 Å². The number of esters is 1. The van der Waals surface area contributed by atoms with Crippen LogP contribution in [0.2, 0.25) is 5.02 Å². The molecule has 0 fully saturated rings. The van der Waals surface area contributed by atoms with Gasteiger partial charge in [-0.05, 0) is 29.8 Å². The number of benzene rings is 2.